The smallest absolute Gasteiger partial charge is 0.268 e. The van der Waals surface area contributed by atoms with Crippen LogP contribution < -0.4 is 9.64 Å². The topological polar surface area (TPSA) is 42.4 Å². The van der Waals surface area contributed by atoms with E-state index < -0.39 is 0 Å². The molecule has 0 saturated heterocycles. The average molecular weight is 397 g/mol. The first-order valence-electron chi connectivity index (χ1n) is 8.39. The Bertz CT molecular complexity index is 1170. The summed E-state index contributed by atoms with van der Waals surface area (Å²) < 4.78 is 6.16. The fourth-order valence-corrected chi connectivity index (χ4v) is 4.49. The zero-order valence-electron chi connectivity index (χ0n) is 15.1. The van der Waals surface area contributed by atoms with E-state index in [-0.39, 0.29) is 5.91 Å². The molecule has 1 amide bonds. The van der Waals surface area contributed by atoms with Gasteiger partial charge in [0.05, 0.1) is 17.5 Å². The second kappa shape index (κ2) is 6.83. The molecule has 0 aliphatic carbocycles. The fraction of sp³-hybridized carbons (Fsp3) is 0.143. The number of fused-ring (bicyclic) bond motifs is 3. The molecule has 0 aliphatic heterocycles. The van der Waals surface area contributed by atoms with E-state index >= 15 is 0 Å². The lowest BCUT2D eigenvalue weighted by Crippen LogP contribution is -2.25. The summed E-state index contributed by atoms with van der Waals surface area (Å²) in [7, 11) is 3.38. The molecule has 0 aliphatic rings. The van der Waals surface area contributed by atoms with Crippen LogP contribution >= 0.6 is 22.9 Å². The van der Waals surface area contributed by atoms with E-state index in [0.717, 1.165) is 38.0 Å². The molecule has 2 aromatic carbocycles. The first-order chi connectivity index (χ1) is 13.0. The number of ether oxygens (including phenoxy) is 1. The van der Waals surface area contributed by atoms with Crippen LogP contribution in [0, 0.1) is 6.92 Å². The Morgan fingerprint density at radius 3 is 2.56 bits per heavy atom. The van der Waals surface area contributed by atoms with Crippen molar-refractivity contribution in [2.45, 2.75) is 6.92 Å². The van der Waals surface area contributed by atoms with Crippen molar-refractivity contribution in [1.82, 2.24) is 4.98 Å². The highest BCUT2D eigenvalue weighted by atomic mass is 35.5. The maximum atomic E-state index is 13.0. The Morgan fingerprint density at radius 1 is 1.11 bits per heavy atom. The lowest BCUT2D eigenvalue weighted by molar-refractivity contribution is 0.0997. The zero-order valence-corrected chi connectivity index (χ0v) is 16.7. The van der Waals surface area contributed by atoms with Gasteiger partial charge >= 0.3 is 0 Å². The minimum Gasteiger partial charge on any atom is -0.497 e. The van der Waals surface area contributed by atoms with Crippen molar-refractivity contribution >= 4 is 55.5 Å². The molecule has 4 rings (SSSR count). The third-order valence-corrected chi connectivity index (χ3v) is 5.99. The second-order valence-corrected chi connectivity index (χ2v) is 7.75. The molecule has 0 N–H and O–H groups in total. The molecule has 0 fully saturated rings. The van der Waals surface area contributed by atoms with Gasteiger partial charge < -0.3 is 9.64 Å². The molecule has 2 heterocycles. The number of carbonyl (C=O) groups is 1. The van der Waals surface area contributed by atoms with E-state index in [4.69, 9.17) is 16.3 Å². The largest absolute Gasteiger partial charge is 0.497 e. The van der Waals surface area contributed by atoms with Crippen LogP contribution in [0.2, 0.25) is 5.15 Å². The molecule has 0 bridgehead atoms. The summed E-state index contributed by atoms with van der Waals surface area (Å²) in [5.41, 5.74) is 2.77. The van der Waals surface area contributed by atoms with Crippen molar-refractivity contribution in [1.29, 1.82) is 0 Å². The maximum absolute atomic E-state index is 13.0. The lowest BCUT2D eigenvalue weighted by atomic mass is 10.1. The molecule has 136 valence electrons. The van der Waals surface area contributed by atoms with E-state index in [0.29, 0.717) is 10.0 Å². The molecule has 0 unspecified atom stereocenters. The number of nitrogens with zero attached hydrogens (tertiary/aromatic N) is 2. The summed E-state index contributed by atoms with van der Waals surface area (Å²) in [5.74, 6) is 0.666. The van der Waals surface area contributed by atoms with Gasteiger partial charge in [-0.15, -0.1) is 11.3 Å². The highest BCUT2D eigenvalue weighted by Crippen LogP contribution is 2.37. The summed E-state index contributed by atoms with van der Waals surface area (Å²) in [6.07, 6.45) is 0. The van der Waals surface area contributed by atoms with Crippen molar-refractivity contribution in [3.05, 3.63) is 64.1 Å². The third kappa shape index (κ3) is 3.13. The van der Waals surface area contributed by atoms with Gasteiger partial charge in [-0.05, 0) is 49.4 Å². The summed E-state index contributed by atoms with van der Waals surface area (Å²) >= 11 is 7.83. The Balaban J connectivity index is 1.78. The van der Waals surface area contributed by atoms with Crippen molar-refractivity contribution in [3.63, 3.8) is 0 Å². The minimum absolute atomic E-state index is 0.0850. The second-order valence-electron chi connectivity index (χ2n) is 6.34. The number of aryl methyl sites for hydroxylation is 1. The van der Waals surface area contributed by atoms with Crippen molar-refractivity contribution < 1.29 is 9.53 Å². The number of amides is 1. The van der Waals surface area contributed by atoms with Gasteiger partial charge in [-0.1, -0.05) is 23.2 Å². The van der Waals surface area contributed by atoms with Gasteiger partial charge in [0.15, 0.2) is 0 Å². The number of aromatic nitrogens is 1. The molecule has 0 spiro atoms. The predicted octanol–water partition coefficient (Wildman–Crippen LogP) is 5.70. The first kappa shape index (κ1) is 17.8. The monoisotopic (exact) mass is 396 g/mol. The minimum atomic E-state index is -0.0850. The summed E-state index contributed by atoms with van der Waals surface area (Å²) in [6, 6.07) is 15.3. The summed E-state index contributed by atoms with van der Waals surface area (Å²) in [5, 5.41) is 2.25. The van der Waals surface area contributed by atoms with Crippen molar-refractivity contribution in [3.8, 4) is 5.75 Å². The predicted molar refractivity (Wildman–Crippen MR) is 113 cm³/mol. The number of hydrogen-bond acceptors (Lipinski definition) is 4. The lowest BCUT2D eigenvalue weighted by Gasteiger charge is -2.16. The molecule has 0 atom stereocenters. The standard InChI is InChI=1S/C21H17ClN2O2S/c1-12-4-9-17-15(10-12)19-16(20(22)23-17)11-18(27-19)21(25)24(2)13-5-7-14(26-3)8-6-13/h4-11H,1-3H3. The summed E-state index contributed by atoms with van der Waals surface area (Å²) in [4.78, 5) is 19.7. The fourth-order valence-electron chi connectivity index (χ4n) is 3.03. The van der Waals surface area contributed by atoms with E-state index in [1.165, 1.54) is 11.3 Å². The molecule has 0 saturated carbocycles. The van der Waals surface area contributed by atoms with Crippen LogP contribution in [0.5, 0.6) is 5.75 Å². The molecule has 2 aromatic heterocycles. The Morgan fingerprint density at radius 2 is 1.85 bits per heavy atom. The Labute approximate surface area is 166 Å². The van der Waals surface area contributed by atoms with Crippen molar-refractivity contribution in [2.24, 2.45) is 0 Å². The molecule has 27 heavy (non-hydrogen) atoms. The van der Waals surface area contributed by atoms with Crippen LogP contribution in [-0.2, 0) is 0 Å². The van der Waals surface area contributed by atoms with E-state index in [1.54, 1.807) is 19.1 Å². The van der Waals surface area contributed by atoms with Crippen LogP contribution in [0.3, 0.4) is 0 Å². The SMILES string of the molecule is COc1ccc(N(C)C(=O)c2cc3c(Cl)nc4ccc(C)cc4c3s2)cc1. The van der Waals surface area contributed by atoms with Crippen LogP contribution in [0.1, 0.15) is 15.2 Å². The van der Waals surface area contributed by atoms with E-state index in [2.05, 4.69) is 11.1 Å². The molecular formula is C21H17ClN2O2S. The van der Waals surface area contributed by atoms with Gasteiger partial charge in [0.25, 0.3) is 5.91 Å². The number of methoxy groups -OCH3 is 1. The Hall–Kier alpha value is -2.63. The van der Waals surface area contributed by atoms with Crippen LogP contribution in [-0.4, -0.2) is 25.0 Å². The average Bonchev–Trinajstić information content (AvgIpc) is 3.14. The third-order valence-electron chi connectivity index (χ3n) is 4.54. The zero-order chi connectivity index (χ0) is 19.1. The van der Waals surface area contributed by atoms with E-state index in [9.17, 15) is 4.79 Å². The maximum Gasteiger partial charge on any atom is 0.268 e. The molecule has 4 aromatic rings. The van der Waals surface area contributed by atoms with Crippen LogP contribution in [0.15, 0.2) is 48.5 Å². The number of thiophene rings is 1. The normalized spacial score (nSPS) is 11.1. The Kier molecular flexibility index (Phi) is 4.50. The number of rotatable bonds is 3. The van der Waals surface area contributed by atoms with Gasteiger partial charge in [0.1, 0.15) is 10.9 Å². The highest BCUT2D eigenvalue weighted by molar-refractivity contribution is 7.22. The van der Waals surface area contributed by atoms with Gasteiger partial charge in [-0.3, -0.25) is 4.79 Å². The molecule has 6 heteroatoms. The van der Waals surface area contributed by atoms with Crippen LogP contribution in [0.4, 0.5) is 5.69 Å². The molecule has 0 radical (unpaired) electrons. The number of anilines is 1. The number of pyridine rings is 1. The van der Waals surface area contributed by atoms with Gasteiger partial charge in [0.2, 0.25) is 0 Å². The number of carbonyl (C=O) groups excluding carboxylic acids is 1. The van der Waals surface area contributed by atoms with Crippen LogP contribution in [0.25, 0.3) is 21.0 Å². The number of halogens is 1. The number of hydrogen-bond donors (Lipinski definition) is 0. The summed E-state index contributed by atoms with van der Waals surface area (Å²) in [6.45, 7) is 2.04. The number of benzene rings is 2. The van der Waals surface area contributed by atoms with Gasteiger partial charge in [-0.25, -0.2) is 4.98 Å². The highest BCUT2D eigenvalue weighted by Gasteiger charge is 2.19. The van der Waals surface area contributed by atoms with Gasteiger partial charge in [-0.2, -0.15) is 0 Å². The first-order valence-corrected chi connectivity index (χ1v) is 9.59. The molecule has 4 nitrogen and oxygen atoms in total. The molecular weight excluding hydrogens is 380 g/mol. The van der Waals surface area contributed by atoms with Gasteiger partial charge in [0, 0.05) is 28.2 Å². The van der Waals surface area contributed by atoms with E-state index in [1.807, 2.05) is 49.4 Å². The van der Waals surface area contributed by atoms with Crippen molar-refractivity contribution in [2.75, 3.05) is 19.1 Å². The quantitative estimate of drug-likeness (QED) is 0.417.